The fourth-order valence-corrected chi connectivity index (χ4v) is 2.22. The smallest absolute Gasteiger partial charge is 0.244 e. The summed E-state index contributed by atoms with van der Waals surface area (Å²) in [6.45, 7) is 2.18. The maximum Gasteiger partial charge on any atom is 0.244 e. The number of nitrogens with one attached hydrogen (secondary N) is 2. The highest BCUT2D eigenvalue weighted by Gasteiger charge is 2.11. The van der Waals surface area contributed by atoms with Crippen LogP contribution in [0.2, 0.25) is 0 Å². The van der Waals surface area contributed by atoms with Crippen molar-refractivity contribution in [1.82, 2.24) is 14.8 Å². The van der Waals surface area contributed by atoms with Crippen LogP contribution in [0.25, 0.3) is 0 Å². The summed E-state index contributed by atoms with van der Waals surface area (Å²) >= 11 is 5.16. The molecule has 0 bridgehead atoms. The van der Waals surface area contributed by atoms with E-state index in [2.05, 4.69) is 22.4 Å². The molecule has 2 N–H and O–H groups in total. The van der Waals surface area contributed by atoms with Gasteiger partial charge in [-0.25, -0.2) is 0 Å². The van der Waals surface area contributed by atoms with Gasteiger partial charge >= 0.3 is 0 Å². The number of carbonyl (C=O) groups is 1. The van der Waals surface area contributed by atoms with Crippen molar-refractivity contribution in [2.24, 2.45) is 0 Å². The number of rotatable bonds is 6. The Balaban J connectivity index is 2.12. The maximum atomic E-state index is 12.2. The predicted octanol–water partition coefficient (Wildman–Crippen LogP) is 2.54. The zero-order valence-electron chi connectivity index (χ0n) is 12.0. The lowest BCUT2D eigenvalue weighted by atomic mass is 10.3. The molecule has 1 aromatic heterocycles. The van der Waals surface area contributed by atoms with Gasteiger partial charge in [0, 0.05) is 6.42 Å². The van der Waals surface area contributed by atoms with Gasteiger partial charge in [-0.15, -0.1) is 0 Å². The highest BCUT2D eigenvalue weighted by molar-refractivity contribution is 7.71. The molecule has 0 unspecified atom stereocenters. The average Bonchev–Trinajstić information content (AvgIpc) is 2.81. The fraction of sp³-hybridized carbons (Fsp3) is 0.357. The van der Waals surface area contributed by atoms with E-state index in [9.17, 15) is 4.79 Å². The number of aromatic nitrogens is 3. The Bertz CT molecular complexity index is 678. The largest absolute Gasteiger partial charge is 0.495 e. The van der Waals surface area contributed by atoms with Crippen LogP contribution >= 0.6 is 12.2 Å². The highest BCUT2D eigenvalue weighted by Crippen LogP contribution is 2.22. The quantitative estimate of drug-likeness (QED) is 0.805. The summed E-state index contributed by atoms with van der Waals surface area (Å²) in [5, 5.41) is 9.69. The van der Waals surface area contributed by atoms with Crippen LogP contribution in [-0.2, 0) is 17.8 Å². The molecule has 2 aromatic rings. The lowest BCUT2D eigenvalue weighted by Crippen LogP contribution is -2.20. The molecule has 1 heterocycles. The highest BCUT2D eigenvalue weighted by atomic mass is 32.1. The summed E-state index contributed by atoms with van der Waals surface area (Å²) in [5.41, 5.74) is 0.636. The first-order valence-electron chi connectivity index (χ1n) is 6.72. The van der Waals surface area contributed by atoms with Gasteiger partial charge < -0.3 is 10.1 Å². The number of benzene rings is 1. The molecule has 0 aliphatic rings. The van der Waals surface area contributed by atoms with Gasteiger partial charge in [-0.05, 0) is 30.8 Å². The van der Waals surface area contributed by atoms with Crippen molar-refractivity contribution in [2.45, 2.75) is 26.3 Å². The number of aryl methyl sites for hydroxylation is 1. The van der Waals surface area contributed by atoms with Crippen LogP contribution in [-0.4, -0.2) is 27.8 Å². The molecule has 0 spiro atoms. The van der Waals surface area contributed by atoms with Gasteiger partial charge in [-0.1, -0.05) is 19.1 Å². The first kappa shape index (κ1) is 15.2. The van der Waals surface area contributed by atoms with Gasteiger partial charge in [0.05, 0.1) is 12.8 Å². The number of anilines is 1. The van der Waals surface area contributed by atoms with Gasteiger partial charge in [-0.3, -0.25) is 14.5 Å². The van der Waals surface area contributed by atoms with E-state index < -0.39 is 0 Å². The van der Waals surface area contributed by atoms with E-state index in [1.165, 1.54) is 0 Å². The van der Waals surface area contributed by atoms with Crippen LogP contribution < -0.4 is 10.1 Å². The fourth-order valence-electron chi connectivity index (χ4n) is 2.01. The number of methoxy groups -OCH3 is 1. The summed E-state index contributed by atoms with van der Waals surface area (Å²) in [6.07, 6.45) is 1.71. The van der Waals surface area contributed by atoms with E-state index in [0.717, 1.165) is 18.7 Å². The Morgan fingerprint density at radius 3 is 2.95 bits per heavy atom. The molecule has 21 heavy (non-hydrogen) atoms. The number of hydrogen-bond donors (Lipinski definition) is 2. The molecular formula is C14H18N4O2S. The van der Waals surface area contributed by atoms with E-state index in [0.29, 0.717) is 16.2 Å². The lowest BCUT2D eigenvalue weighted by molar-refractivity contribution is -0.116. The molecule has 0 radical (unpaired) electrons. The summed E-state index contributed by atoms with van der Waals surface area (Å²) in [7, 11) is 1.57. The molecule has 6 nitrogen and oxygen atoms in total. The van der Waals surface area contributed by atoms with Crippen LogP contribution in [0.15, 0.2) is 24.3 Å². The third kappa shape index (κ3) is 3.69. The molecule has 7 heteroatoms. The van der Waals surface area contributed by atoms with Gasteiger partial charge in [-0.2, -0.15) is 5.10 Å². The Labute approximate surface area is 128 Å². The van der Waals surface area contributed by atoms with Gasteiger partial charge in [0.1, 0.15) is 18.1 Å². The summed E-state index contributed by atoms with van der Waals surface area (Å²) in [4.78, 5) is 12.2. The predicted molar refractivity (Wildman–Crippen MR) is 83.0 cm³/mol. The molecule has 0 aliphatic carbocycles. The standard InChI is InChI=1S/C14H18N4O2S/c1-3-6-12-16-17-14(21)18(12)9-13(19)15-10-7-4-5-8-11(10)20-2/h4-5,7-8H,3,6,9H2,1-2H3,(H,15,19)(H,17,21). The minimum Gasteiger partial charge on any atom is -0.495 e. The number of ether oxygens (including phenoxy) is 1. The molecule has 0 atom stereocenters. The maximum absolute atomic E-state index is 12.2. The monoisotopic (exact) mass is 306 g/mol. The van der Waals surface area contributed by atoms with Crippen molar-refractivity contribution in [2.75, 3.05) is 12.4 Å². The zero-order valence-corrected chi connectivity index (χ0v) is 12.9. The second-order valence-corrected chi connectivity index (χ2v) is 4.92. The van der Waals surface area contributed by atoms with Crippen molar-refractivity contribution in [3.63, 3.8) is 0 Å². The second-order valence-electron chi connectivity index (χ2n) is 4.53. The van der Waals surface area contributed by atoms with Crippen LogP contribution in [0.5, 0.6) is 5.75 Å². The molecule has 0 aliphatic heterocycles. The number of para-hydroxylation sites is 2. The zero-order chi connectivity index (χ0) is 15.2. The lowest BCUT2D eigenvalue weighted by Gasteiger charge is -2.10. The normalized spacial score (nSPS) is 10.4. The van der Waals surface area contributed by atoms with E-state index in [4.69, 9.17) is 17.0 Å². The Morgan fingerprint density at radius 1 is 1.48 bits per heavy atom. The molecule has 112 valence electrons. The topological polar surface area (TPSA) is 71.9 Å². The van der Waals surface area contributed by atoms with E-state index in [-0.39, 0.29) is 12.5 Å². The minimum atomic E-state index is -0.172. The first-order chi connectivity index (χ1) is 10.2. The molecule has 1 aromatic carbocycles. The van der Waals surface area contributed by atoms with Crippen molar-refractivity contribution >= 4 is 23.8 Å². The Kier molecular flexibility index (Phi) is 5.10. The van der Waals surface area contributed by atoms with Crippen LogP contribution in [0.3, 0.4) is 0 Å². The first-order valence-corrected chi connectivity index (χ1v) is 7.13. The van der Waals surface area contributed by atoms with Crippen molar-refractivity contribution in [3.8, 4) is 5.75 Å². The van der Waals surface area contributed by atoms with Crippen LogP contribution in [0.1, 0.15) is 19.2 Å². The third-order valence-electron chi connectivity index (χ3n) is 2.99. The Morgan fingerprint density at radius 2 is 2.24 bits per heavy atom. The molecule has 0 saturated carbocycles. The van der Waals surface area contributed by atoms with E-state index in [1.807, 2.05) is 12.1 Å². The minimum absolute atomic E-state index is 0.128. The number of H-pyrrole nitrogens is 1. The SMILES string of the molecule is CCCc1n[nH]c(=S)n1CC(=O)Nc1ccccc1OC. The van der Waals surface area contributed by atoms with Crippen molar-refractivity contribution in [1.29, 1.82) is 0 Å². The van der Waals surface area contributed by atoms with Gasteiger partial charge in [0.2, 0.25) is 5.91 Å². The number of amides is 1. The van der Waals surface area contributed by atoms with Gasteiger partial charge in [0.25, 0.3) is 0 Å². The molecule has 2 rings (SSSR count). The number of carbonyl (C=O) groups excluding carboxylic acids is 1. The van der Waals surface area contributed by atoms with Crippen LogP contribution in [0.4, 0.5) is 5.69 Å². The number of aromatic amines is 1. The average molecular weight is 306 g/mol. The molecule has 0 fully saturated rings. The van der Waals surface area contributed by atoms with Crippen molar-refractivity contribution < 1.29 is 9.53 Å². The Hall–Kier alpha value is -2.15. The van der Waals surface area contributed by atoms with E-state index >= 15 is 0 Å². The summed E-state index contributed by atoms with van der Waals surface area (Å²) in [6, 6.07) is 7.27. The summed E-state index contributed by atoms with van der Waals surface area (Å²) < 4.78 is 7.37. The second kappa shape index (κ2) is 7.03. The molecule has 1 amide bonds. The summed E-state index contributed by atoms with van der Waals surface area (Å²) in [5.74, 6) is 1.24. The van der Waals surface area contributed by atoms with Gasteiger partial charge in [0.15, 0.2) is 4.77 Å². The number of nitrogens with zero attached hydrogens (tertiary/aromatic N) is 2. The van der Waals surface area contributed by atoms with E-state index in [1.54, 1.807) is 23.8 Å². The molecular weight excluding hydrogens is 288 g/mol. The van der Waals surface area contributed by atoms with Crippen LogP contribution in [0, 0.1) is 4.77 Å². The third-order valence-corrected chi connectivity index (χ3v) is 3.31. The number of hydrogen-bond acceptors (Lipinski definition) is 4. The van der Waals surface area contributed by atoms with Crippen molar-refractivity contribution in [3.05, 3.63) is 34.9 Å². The molecule has 0 saturated heterocycles.